The maximum absolute atomic E-state index is 10.9. The van der Waals surface area contributed by atoms with Crippen molar-refractivity contribution in [3.05, 3.63) is 18.3 Å². The number of hydrogen-bond acceptors (Lipinski definition) is 7. The smallest absolute Gasteiger partial charge is 0.302 e. The molecule has 118 valence electrons. The van der Waals surface area contributed by atoms with Crippen LogP contribution in [0.4, 0.5) is 0 Å². The van der Waals surface area contributed by atoms with Gasteiger partial charge >= 0.3 is 11.9 Å². The van der Waals surface area contributed by atoms with Crippen LogP contribution in [0.1, 0.15) is 26.1 Å². The van der Waals surface area contributed by atoms with Crippen molar-refractivity contribution in [2.45, 2.75) is 26.7 Å². The monoisotopic (exact) mass is 306 g/mol. The summed E-state index contributed by atoms with van der Waals surface area (Å²) in [6.45, 7) is 3.09. The van der Waals surface area contributed by atoms with Gasteiger partial charge in [0, 0.05) is 26.2 Å². The largest absolute Gasteiger partial charge is 0.465 e. The zero-order chi connectivity index (χ0) is 15.9. The third kappa shape index (κ3) is 4.80. The van der Waals surface area contributed by atoms with E-state index < -0.39 is 0 Å². The van der Waals surface area contributed by atoms with Gasteiger partial charge in [-0.25, -0.2) is 15.0 Å². The Morgan fingerprint density at radius 1 is 1.18 bits per heavy atom. The normalized spacial score (nSPS) is 10.9. The second-order valence-corrected chi connectivity index (χ2v) is 4.94. The van der Waals surface area contributed by atoms with Gasteiger partial charge in [-0.05, 0) is 6.42 Å². The van der Waals surface area contributed by atoms with E-state index in [0.717, 1.165) is 5.52 Å². The molecule has 0 fully saturated rings. The quantitative estimate of drug-likeness (QED) is 0.761. The van der Waals surface area contributed by atoms with Crippen LogP contribution in [0.3, 0.4) is 0 Å². The van der Waals surface area contributed by atoms with Gasteiger partial charge in [-0.15, -0.1) is 0 Å². The first kappa shape index (κ1) is 15.9. The van der Waals surface area contributed by atoms with Crippen LogP contribution in [-0.4, -0.2) is 45.1 Å². The second kappa shape index (κ2) is 7.48. The molecule has 2 rings (SSSR count). The lowest BCUT2D eigenvalue weighted by Gasteiger charge is -2.15. The summed E-state index contributed by atoms with van der Waals surface area (Å²) in [6.07, 6.45) is 4.46. The number of fused-ring (bicyclic) bond motifs is 1. The highest BCUT2D eigenvalue weighted by atomic mass is 16.5. The fourth-order valence-electron chi connectivity index (χ4n) is 1.91. The van der Waals surface area contributed by atoms with Crippen molar-refractivity contribution in [2.24, 2.45) is 5.92 Å². The fourth-order valence-corrected chi connectivity index (χ4v) is 1.91. The molecule has 0 spiro atoms. The Labute approximate surface area is 127 Å². The molecule has 0 aliphatic carbocycles. The first-order chi connectivity index (χ1) is 10.5. The van der Waals surface area contributed by atoms with Crippen LogP contribution >= 0.6 is 0 Å². The Hall–Kier alpha value is -2.51. The highest BCUT2D eigenvalue weighted by Crippen LogP contribution is 2.11. The lowest BCUT2D eigenvalue weighted by Crippen LogP contribution is -2.20. The van der Waals surface area contributed by atoms with Crippen molar-refractivity contribution in [3.8, 4) is 0 Å². The molecule has 0 aliphatic rings. The van der Waals surface area contributed by atoms with E-state index in [1.165, 1.54) is 13.8 Å². The van der Waals surface area contributed by atoms with E-state index in [4.69, 9.17) is 9.47 Å². The summed E-state index contributed by atoms with van der Waals surface area (Å²) < 4.78 is 9.99. The highest BCUT2D eigenvalue weighted by Gasteiger charge is 2.14. The number of H-pyrrole nitrogens is 1. The lowest BCUT2D eigenvalue weighted by molar-refractivity contribution is -0.146. The van der Waals surface area contributed by atoms with Gasteiger partial charge in [-0.2, -0.15) is 0 Å². The molecule has 0 bridgehead atoms. The molecular formula is C14H18N4O4. The van der Waals surface area contributed by atoms with Gasteiger partial charge in [0.05, 0.1) is 25.7 Å². The molecule has 0 saturated heterocycles. The Kier molecular flexibility index (Phi) is 5.40. The Balaban J connectivity index is 1.92. The number of imidazole rings is 1. The molecule has 0 radical (unpaired) electrons. The van der Waals surface area contributed by atoms with E-state index in [1.807, 2.05) is 0 Å². The van der Waals surface area contributed by atoms with E-state index >= 15 is 0 Å². The fraction of sp³-hybridized carbons (Fsp3) is 0.500. The summed E-state index contributed by atoms with van der Waals surface area (Å²) in [7, 11) is 0. The van der Waals surface area contributed by atoms with Crippen molar-refractivity contribution >= 4 is 23.1 Å². The zero-order valence-corrected chi connectivity index (χ0v) is 12.5. The molecule has 0 atom stereocenters. The summed E-state index contributed by atoms with van der Waals surface area (Å²) in [6, 6.07) is 0. The summed E-state index contributed by atoms with van der Waals surface area (Å²) in [4.78, 5) is 37.4. The molecule has 1 N–H and O–H groups in total. The Morgan fingerprint density at radius 3 is 2.50 bits per heavy atom. The van der Waals surface area contributed by atoms with Crippen LogP contribution in [0, 0.1) is 5.92 Å². The van der Waals surface area contributed by atoms with Crippen molar-refractivity contribution in [1.29, 1.82) is 0 Å². The number of aromatic nitrogens is 4. The predicted molar refractivity (Wildman–Crippen MR) is 76.8 cm³/mol. The van der Waals surface area contributed by atoms with E-state index in [-0.39, 0.29) is 31.1 Å². The molecule has 22 heavy (non-hydrogen) atoms. The molecule has 0 saturated carbocycles. The average molecular weight is 306 g/mol. The molecular weight excluding hydrogens is 288 g/mol. The van der Waals surface area contributed by atoms with Crippen molar-refractivity contribution < 1.29 is 19.1 Å². The Bertz CT molecular complexity index is 637. The van der Waals surface area contributed by atoms with E-state index in [1.54, 1.807) is 12.5 Å². The van der Waals surface area contributed by atoms with Crippen LogP contribution in [0.2, 0.25) is 0 Å². The standard InChI is InChI=1S/C14H18N4O4/c1-9(19)21-6-11(7-22-10(2)20)3-4-13-15-5-12-14(18-13)17-8-16-12/h5,8,11H,3-4,6-7H2,1-2H3,(H,15,16,17,18). The van der Waals surface area contributed by atoms with Gasteiger partial charge in [0.15, 0.2) is 5.65 Å². The van der Waals surface area contributed by atoms with Gasteiger partial charge in [-0.1, -0.05) is 0 Å². The maximum Gasteiger partial charge on any atom is 0.302 e. The number of carbonyl (C=O) groups excluding carboxylic acids is 2. The SMILES string of the molecule is CC(=O)OCC(CCc1ncc2[nH]cnc2n1)COC(C)=O. The lowest BCUT2D eigenvalue weighted by atomic mass is 10.1. The number of hydrogen-bond donors (Lipinski definition) is 1. The van der Waals surface area contributed by atoms with Gasteiger partial charge in [-0.3, -0.25) is 9.59 Å². The molecule has 0 aromatic carbocycles. The highest BCUT2D eigenvalue weighted by molar-refractivity contribution is 5.68. The molecule has 2 aromatic rings. The van der Waals surface area contributed by atoms with Crippen molar-refractivity contribution in [1.82, 2.24) is 19.9 Å². The number of ether oxygens (including phenoxy) is 2. The minimum Gasteiger partial charge on any atom is -0.465 e. The van der Waals surface area contributed by atoms with Crippen LogP contribution < -0.4 is 0 Å². The number of aryl methyl sites for hydroxylation is 1. The first-order valence-electron chi connectivity index (χ1n) is 6.96. The number of rotatable bonds is 7. The maximum atomic E-state index is 10.9. The summed E-state index contributed by atoms with van der Waals surface area (Å²) in [5.74, 6) is -0.162. The van der Waals surface area contributed by atoms with Crippen LogP contribution in [0.15, 0.2) is 12.5 Å². The topological polar surface area (TPSA) is 107 Å². The first-order valence-corrected chi connectivity index (χ1v) is 6.96. The van der Waals surface area contributed by atoms with E-state index in [0.29, 0.717) is 24.3 Å². The zero-order valence-electron chi connectivity index (χ0n) is 12.5. The number of nitrogens with zero attached hydrogens (tertiary/aromatic N) is 3. The molecule has 0 aliphatic heterocycles. The van der Waals surface area contributed by atoms with Crippen LogP contribution in [0.25, 0.3) is 11.2 Å². The number of nitrogens with one attached hydrogen (secondary N) is 1. The van der Waals surface area contributed by atoms with Crippen LogP contribution in [-0.2, 0) is 25.5 Å². The van der Waals surface area contributed by atoms with Crippen molar-refractivity contribution in [3.63, 3.8) is 0 Å². The number of aromatic amines is 1. The van der Waals surface area contributed by atoms with E-state index in [9.17, 15) is 9.59 Å². The summed E-state index contributed by atoms with van der Waals surface area (Å²) in [5, 5.41) is 0. The van der Waals surface area contributed by atoms with Crippen LogP contribution in [0.5, 0.6) is 0 Å². The van der Waals surface area contributed by atoms with Gasteiger partial charge in [0.1, 0.15) is 11.3 Å². The predicted octanol–water partition coefficient (Wildman–Crippen LogP) is 1.03. The molecule has 8 heteroatoms. The second-order valence-electron chi connectivity index (χ2n) is 4.94. The molecule has 8 nitrogen and oxygen atoms in total. The molecule has 2 heterocycles. The minimum absolute atomic E-state index is 0.0914. The van der Waals surface area contributed by atoms with Crippen molar-refractivity contribution in [2.75, 3.05) is 13.2 Å². The molecule has 2 aromatic heterocycles. The molecule has 0 amide bonds. The number of carbonyl (C=O) groups is 2. The Morgan fingerprint density at radius 2 is 1.86 bits per heavy atom. The van der Waals surface area contributed by atoms with Gasteiger partial charge in [0.25, 0.3) is 0 Å². The summed E-state index contributed by atoms with van der Waals surface area (Å²) in [5.41, 5.74) is 1.39. The average Bonchev–Trinajstić information content (AvgIpc) is 2.93. The molecule has 0 unspecified atom stereocenters. The minimum atomic E-state index is -0.359. The number of esters is 2. The van der Waals surface area contributed by atoms with E-state index in [2.05, 4.69) is 19.9 Å². The van der Waals surface area contributed by atoms with Gasteiger partial charge < -0.3 is 14.5 Å². The van der Waals surface area contributed by atoms with Gasteiger partial charge in [0.2, 0.25) is 0 Å². The third-order valence-corrected chi connectivity index (χ3v) is 3.05. The third-order valence-electron chi connectivity index (χ3n) is 3.05. The summed E-state index contributed by atoms with van der Waals surface area (Å²) >= 11 is 0.